The molecule has 0 bridgehead atoms. The Morgan fingerprint density at radius 3 is 2.61 bits per heavy atom. The summed E-state index contributed by atoms with van der Waals surface area (Å²) < 4.78 is 5.44. The Labute approximate surface area is 106 Å². The molecule has 3 rings (SSSR count). The molecule has 0 saturated carbocycles. The van der Waals surface area contributed by atoms with E-state index in [1.807, 2.05) is 44.2 Å². The van der Waals surface area contributed by atoms with Gasteiger partial charge in [0.05, 0.1) is 6.42 Å². The van der Waals surface area contributed by atoms with Gasteiger partial charge >= 0.3 is 5.97 Å². The largest absolute Gasteiger partial charge is 0.426 e. The zero-order valence-electron chi connectivity index (χ0n) is 10.5. The molecule has 2 aromatic rings. The maximum atomic E-state index is 11.7. The van der Waals surface area contributed by atoms with Crippen molar-refractivity contribution in [3.63, 3.8) is 0 Å². The van der Waals surface area contributed by atoms with Crippen LogP contribution in [0.3, 0.4) is 0 Å². The summed E-state index contributed by atoms with van der Waals surface area (Å²) in [6.45, 7) is 4.08. The summed E-state index contributed by atoms with van der Waals surface area (Å²) in [6, 6.07) is 9.68. The minimum absolute atomic E-state index is 0.178. The molecule has 0 amide bonds. The Bertz CT molecular complexity index is 659. The van der Waals surface area contributed by atoms with Crippen LogP contribution in [0.25, 0.3) is 10.8 Å². The fourth-order valence-electron chi connectivity index (χ4n) is 2.60. The second-order valence-corrected chi connectivity index (χ2v) is 5.42. The quantitative estimate of drug-likeness (QED) is 0.438. The highest BCUT2D eigenvalue weighted by Crippen LogP contribution is 2.44. The number of fused-ring (bicyclic) bond motifs is 3. The van der Waals surface area contributed by atoms with Gasteiger partial charge in [0.1, 0.15) is 5.75 Å². The van der Waals surface area contributed by atoms with Crippen molar-refractivity contribution in [1.82, 2.24) is 0 Å². The van der Waals surface area contributed by atoms with E-state index in [-0.39, 0.29) is 11.4 Å². The van der Waals surface area contributed by atoms with Crippen LogP contribution < -0.4 is 10.5 Å². The van der Waals surface area contributed by atoms with Crippen molar-refractivity contribution in [3.8, 4) is 5.75 Å². The molecule has 2 N–H and O–H groups in total. The van der Waals surface area contributed by atoms with Gasteiger partial charge in [-0.1, -0.05) is 38.1 Å². The monoisotopic (exact) mass is 241 g/mol. The number of esters is 1. The lowest BCUT2D eigenvalue weighted by molar-refractivity contribution is -0.136. The molecule has 18 heavy (non-hydrogen) atoms. The lowest BCUT2D eigenvalue weighted by atomic mass is 9.78. The third kappa shape index (κ3) is 1.47. The van der Waals surface area contributed by atoms with Crippen LogP contribution in [0, 0.1) is 0 Å². The van der Waals surface area contributed by atoms with Gasteiger partial charge in [-0.05, 0) is 6.07 Å². The molecule has 0 fully saturated rings. The molecule has 0 spiro atoms. The van der Waals surface area contributed by atoms with Crippen molar-refractivity contribution >= 4 is 22.4 Å². The van der Waals surface area contributed by atoms with Crippen LogP contribution in [0.2, 0.25) is 0 Å². The molecule has 0 aliphatic carbocycles. The predicted molar refractivity (Wildman–Crippen MR) is 71.6 cm³/mol. The molecule has 0 aromatic heterocycles. The van der Waals surface area contributed by atoms with Crippen LogP contribution in [0.5, 0.6) is 5.75 Å². The molecule has 3 nitrogen and oxygen atoms in total. The molecule has 0 unspecified atom stereocenters. The third-order valence-corrected chi connectivity index (χ3v) is 3.56. The summed E-state index contributed by atoms with van der Waals surface area (Å²) in [7, 11) is 0. The van der Waals surface area contributed by atoms with Gasteiger partial charge in [0.2, 0.25) is 0 Å². The van der Waals surface area contributed by atoms with Crippen molar-refractivity contribution in [2.45, 2.75) is 25.7 Å². The van der Waals surface area contributed by atoms with E-state index in [2.05, 4.69) is 0 Å². The first-order chi connectivity index (χ1) is 8.49. The van der Waals surface area contributed by atoms with Crippen molar-refractivity contribution < 1.29 is 9.53 Å². The van der Waals surface area contributed by atoms with Gasteiger partial charge in [0, 0.05) is 27.4 Å². The van der Waals surface area contributed by atoms with Crippen LogP contribution in [0.1, 0.15) is 25.8 Å². The summed E-state index contributed by atoms with van der Waals surface area (Å²) in [5, 5.41) is 1.84. The summed E-state index contributed by atoms with van der Waals surface area (Å²) in [4.78, 5) is 11.7. The van der Waals surface area contributed by atoms with E-state index in [4.69, 9.17) is 10.5 Å². The number of anilines is 1. The summed E-state index contributed by atoms with van der Waals surface area (Å²) in [6.07, 6.45) is 0.387. The minimum atomic E-state index is -0.233. The van der Waals surface area contributed by atoms with Gasteiger partial charge < -0.3 is 10.5 Å². The SMILES string of the molecule is CC1(C)CC(=O)Oc2c1cc(N)c1ccccc21. The van der Waals surface area contributed by atoms with Gasteiger partial charge in [-0.15, -0.1) is 0 Å². The lowest BCUT2D eigenvalue weighted by Gasteiger charge is -2.32. The molecule has 1 aliphatic rings. The Morgan fingerprint density at radius 1 is 1.22 bits per heavy atom. The fraction of sp³-hybridized carbons (Fsp3) is 0.267. The maximum absolute atomic E-state index is 11.7. The number of benzene rings is 2. The highest BCUT2D eigenvalue weighted by Gasteiger charge is 2.35. The standard InChI is InChI=1S/C15H15NO2/c1-15(2)8-13(17)18-14-10-6-4-3-5-9(10)12(16)7-11(14)15/h3-7H,8,16H2,1-2H3. The van der Waals surface area contributed by atoms with E-state index in [1.165, 1.54) is 0 Å². The van der Waals surface area contributed by atoms with Gasteiger partial charge in [-0.25, -0.2) is 0 Å². The molecule has 0 saturated heterocycles. The molecule has 3 heteroatoms. The molecule has 1 aliphatic heterocycles. The van der Waals surface area contributed by atoms with Gasteiger partial charge in [0.25, 0.3) is 0 Å². The first-order valence-electron chi connectivity index (χ1n) is 6.01. The van der Waals surface area contributed by atoms with Crippen LogP contribution in [-0.2, 0) is 10.2 Å². The van der Waals surface area contributed by atoms with E-state index >= 15 is 0 Å². The van der Waals surface area contributed by atoms with Crippen LogP contribution in [0.4, 0.5) is 5.69 Å². The Kier molecular flexibility index (Phi) is 2.14. The molecule has 92 valence electrons. The molecule has 1 heterocycles. The Balaban J connectivity index is 2.42. The van der Waals surface area contributed by atoms with Gasteiger partial charge in [-0.2, -0.15) is 0 Å². The number of hydrogen-bond donors (Lipinski definition) is 1. The number of nitrogen functional groups attached to an aromatic ring is 1. The number of ether oxygens (including phenoxy) is 1. The average Bonchev–Trinajstić information content (AvgIpc) is 2.30. The number of carbonyl (C=O) groups is 1. The summed E-state index contributed by atoms with van der Waals surface area (Å²) in [5.41, 5.74) is 7.61. The first-order valence-corrected chi connectivity index (χ1v) is 6.01. The normalized spacial score (nSPS) is 17.3. The molecular formula is C15H15NO2. The number of hydrogen-bond acceptors (Lipinski definition) is 3. The van der Waals surface area contributed by atoms with E-state index in [1.54, 1.807) is 0 Å². The first kappa shape index (κ1) is 11.1. The van der Waals surface area contributed by atoms with Crippen molar-refractivity contribution in [2.24, 2.45) is 0 Å². The second-order valence-electron chi connectivity index (χ2n) is 5.42. The zero-order valence-corrected chi connectivity index (χ0v) is 10.5. The van der Waals surface area contributed by atoms with E-state index in [9.17, 15) is 4.79 Å². The molecular weight excluding hydrogens is 226 g/mol. The summed E-state index contributed by atoms with van der Waals surface area (Å²) >= 11 is 0. The van der Waals surface area contributed by atoms with Crippen molar-refractivity contribution in [2.75, 3.05) is 5.73 Å². The lowest BCUT2D eigenvalue weighted by Crippen LogP contribution is -2.31. The fourth-order valence-corrected chi connectivity index (χ4v) is 2.60. The Morgan fingerprint density at radius 2 is 1.89 bits per heavy atom. The highest BCUT2D eigenvalue weighted by molar-refractivity contribution is 6.00. The maximum Gasteiger partial charge on any atom is 0.312 e. The van der Waals surface area contributed by atoms with Crippen molar-refractivity contribution in [3.05, 3.63) is 35.9 Å². The topological polar surface area (TPSA) is 52.3 Å². The Hall–Kier alpha value is -2.03. The van der Waals surface area contributed by atoms with Gasteiger partial charge in [-0.3, -0.25) is 4.79 Å². The van der Waals surface area contributed by atoms with Crippen molar-refractivity contribution in [1.29, 1.82) is 0 Å². The second kappa shape index (κ2) is 3.48. The average molecular weight is 241 g/mol. The highest BCUT2D eigenvalue weighted by atomic mass is 16.5. The number of carbonyl (C=O) groups excluding carboxylic acids is 1. The number of nitrogens with two attached hydrogens (primary N) is 1. The molecule has 0 radical (unpaired) electrons. The third-order valence-electron chi connectivity index (χ3n) is 3.56. The van der Waals surface area contributed by atoms with Crippen LogP contribution >= 0.6 is 0 Å². The van der Waals surface area contributed by atoms with Crippen LogP contribution in [0.15, 0.2) is 30.3 Å². The van der Waals surface area contributed by atoms with E-state index in [0.29, 0.717) is 12.2 Å². The van der Waals surface area contributed by atoms with Crippen LogP contribution in [-0.4, -0.2) is 5.97 Å². The number of rotatable bonds is 0. The molecule has 2 aromatic carbocycles. The van der Waals surface area contributed by atoms with Gasteiger partial charge in [0.15, 0.2) is 0 Å². The molecule has 0 atom stereocenters. The van der Waals surface area contributed by atoms with E-state index < -0.39 is 0 Å². The van der Waals surface area contributed by atoms with E-state index in [0.717, 1.165) is 22.0 Å². The smallest absolute Gasteiger partial charge is 0.312 e. The predicted octanol–water partition coefficient (Wildman–Crippen LogP) is 3.01. The zero-order chi connectivity index (χ0) is 12.9. The summed E-state index contributed by atoms with van der Waals surface area (Å²) in [5.74, 6) is 0.489. The minimum Gasteiger partial charge on any atom is -0.426 e.